The fraction of sp³-hybridized carbons (Fsp3) is 0.184. The third kappa shape index (κ3) is 7.01. The number of hydrogen-bond donors (Lipinski definition) is 0. The number of carbonyl (C=O) groups is 1. The quantitative estimate of drug-likeness (QED) is 0.140. The third-order valence-corrected chi connectivity index (χ3v) is 10.5. The summed E-state index contributed by atoms with van der Waals surface area (Å²) >= 11 is 14.9. The largest absolute Gasteiger partial charge is 0.486 e. The molecule has 6 nitrogen and oxygen atoms in total. The van der Waals surface area contributed by atoms with Crippen LogP contribution in [0.1, 0.15) is 60.5 Å². The van der Waals surface area contributed by atoms with Crippen LogP contribution in [-0.2, 0) is 16.1 Å². The van der Waals surface area contributed by atoms with Crippen molar-refractivity contribution < 1.29 is 14.3 Å². The molecule has 0 saturated carbocycles. The van der Waals surface area contributed by atoms with Crippen molar-refractivity contribution in [2.24, 2.45) is 4.99 Å². The molecule has 2 heterocycles. The standard InChI is InChI=1S/C38H31Br2ClN2O4S/c1-4-46-37(45)32-33(25-10-6-5-7-11-25)42-38-43(34(32)26-16-14-24(15-17-26)22(2)3)36(44)31(48-38)20-23-18-28(39)35(29(40)19-23)47-21-27-12-8-9-13-30(27)41/h5-20,22,34H,4,21H2,1-3H3/b31-20-/t34-/m1/s1. The van der Waals surface area contributed by atoms with Gasteiger partial charge in [-0.15, -0.1) is 0 Å². The van der Waals surface area contributed by atoms with Crippen LogP contribution >= 0.6 is 54.8 Å². The van der Waals surface area contributed by atoms with Gasteiger partial charge in [-0.3, -0.25) is 9.36 Å². The van der Waals surface area contributed by atoms with Gasteiger partial charge in [-0.05, 0) is 85.7 Å². The summed E-state index contributed by atoms with van der Waals surface area (Å²) < 4.78 is 15.2. The predicted octanol–water partition coefficient (Wildman–Crippen LogP) is 8.82. The molecule has 0 amide bonds. The predicted molar refractivity (Wildman–Crippen MR) is 199 cm³/mol. The average Bonchev–Trinajstić information content (AvgIpc) is 3.38. The van der Waals surface area contributed by atoms with Crippen LogP contribution < -0.4 is 19.6 Å². The van der Waals surface area contributed by atoms with E-state index >= 15 is 0 Å². The van der Waals surface area contributed by atoms with Gasteiger partial charge in [0.1, 0.15) is 12.4 Å². The molecule has 6 rings (SSSR count). The minimum Gasteiger partial charge on any atom is -0.486 e. The number of benzene rings is 4. The van der Waals surface area contributed by atoms with Gasteiger partial charge in [0.15, 0.2) is 4.80 Å². The van der Waals surface area contributed by atoms with Gasteiger partial charge in [-0.2, -0.15) is 0 Å². The maximum Gasteiger partial charge on any atom is 0.338 e. The van der Waals surface area contributed by atoms with Gasteiger partial charge >= 0.3 is 5.97 Å². The van der Waals surface area contributed by atoms with Crippen LogP contribution in [0, 0.1) is 0 Å². The molecule has 1 atom stereocenters. The molecule has 244 valence electrons. The Hall–Kier alpha value is -3.76. The zero-order valence-electron chi connectivity index (χ0n) is 26.4. The number of fused-ring (bicyclic) bond motifs is 1. The van der Waals surface area contributed by atoms with Gasteiger partial charge in [0.2, 0.25) is 0 Å². The van der Waals surface area contributed by atoms with Crippen LogP contribution in [0.3, 0.4) is 0 Å². The van der Waals surface area contributed by atoms with Gasteiger partial charge < -0.3 is 9.47 Å². The number of hydrogen-bond acceptors (Lipinski definition) is 6. The van der Waals surface area contributed by atoms with E-state index in [1.807, 2.05) is 97.1 Å². The van der Waals surface area contributed by atoms with Gasteiger partial charge in [0.05, 0.1) is 37.4 Å². The van der Waals surface area contributed by atoms with Gasteiger partial charge in [0, 0.05) is 16.1 Å². The van der Waals surface area contributed by atoms with Gasteiger partial charge in [-0.25, -0.2) is 9.79 Å². The molecule has 0 saturated heterocycles. The normalized spacial score (nSPS) is 14.6. The highest BCUT2D eigenvalue weighted by Gasteiger charge is 2.35. The number of aromatic nitrogens is 1. The fourth-order valence-corrected chi connectivity index (χ4v) is 8.18. The zero-order chi connectivity index (χ0) is 33.9. The summed E-state index contributed by atoms with van der Waals surface area (Å²) in [4.78, 5) is 33.5. The number of rotatable bonds is 9. The van der Waals surface area contributed by atoms with Crippen molar-refractivity contribution in [1.82, 2.24) is 4.57 Å². The Morgan fingerprint density at radius 2 is 1.67 bits per heavy atom. The molecule has 1 aliphatic heterocycles. The first-order chi connectivity index (χ1) is 23.2. The molecule has 1 aliphatic rings. The van der Waals surface area contributed by atoms with E-state index in [0.29, 0.717) is 52.8 Å². The Labute approximate surface area is 304 Å². The molecule has 5 aromatic rings. The lowest BCUT2D eigenvalue weighted by Gasteiger charge is -2.26. The Morgan fingerprint density at radius 3 is 2.31 bits per heavy atom. The van der Waals surface area contributed by atoms with Crippen molar-refractivity contribution in [3.63, 3.8) is 0 Å². The molecule has 0 aliphatic carbocycles. The Morgan fingerprint density at radius 1 is 1.00 bits per heavy atom. The van der Waals surface area contributed by atoms with Crippen LogP contribution in [0.2, 0.25) is 5.02 Å². The second-order valence-electron chi connectivity index (χ2n) is 11.4. The van der Waals surface area contributed by atoms with Crippen LogP contribution in [0.5, 0.6) is 5.75 Å². The molecule has 0 bridgehead atoms. The molecule has 0 spiro atoms. The molecule has 0 fully saturated rings. The van der Waals surface area contributed by atoms with Crippen LogP contribution in [0.25, 0.3) is 11.8 Å². The lowest BCUT2D eigenvalue weighted by Crippen LogP contribution is -2.40. The molecular formula is C38H31Br2ClN2O4S. The summed E-state index contributed by atoms with van der Waals surface area (Å²) in [5.74, 6) is 0.435. The van der Waals surface area contributed by atoms with Gasteiger partial charge in [-0.1, -0.05) is 110 Å². The molecule has 0 unspecified atom stereocenters. The van der Waals surface area contributed by atoms with E-state index in [1.54, 1.807) is 11.5 Å². The number of halogens is 3. The lowest BCUT2D eigenvalue weighted by molar-refractivity contribution is -0.138. The van der Waals surface area contributed by atoms with E-state index < -0.39 is 12.0 Å². The molecule has 1 aromatic heterocycles. The monoisotopic (exact) mass is 804 g/mol. The second kappa shape index (κ2) is 14.8. The number of nitrogens with zero attached hydrogens (tertiary/aromatic N) is 2. The van der Waals surface area contributed by atoms with Gasteiger partial charge in [0.25, 0.3) is 5.56 Å². The smallest absolute Gasteiger partial charge is 0.338 e. The number of thiazole rings is 1. The maximum absolute atomic E-state index is 14.3. The van der Waals surface area contributed by atoms with Crippen LogP contribution in [-0.4, -0.2) is 17.1 Å². The topological polar surface area (TPSA) is 69.9 Å². The third-order valence-electron chi connectivity index (χ3n) is 7.94. The first-order valence-electron chi connectivity index (χ1n) is 15.4. The Kier molecular flexibility index (Phi) is 10.5. The SMILES string of the molecule is CCOC(=O)C1=C(c2ccccc2)N=c2s/c(=C\c3cc(Br)c(OCc4ccccc4Cl)c(Br)c3)c(=O)n2[C@@H]1c1ccc(C(C)C)cc1. The minimum absolute atomic E-state index is 0.190. The molecular weight excluding hydrogens is 776 g/mol. The zero-order valence-corrected chi connectivity index (χ0v) is 31.1. The maximum atomic E-state index is 14.3. The highest BCUT2D eigenvalue weighted by atomic mass is 79.9. The molecule has 4 aromatic carbocycles. The molecule has 10 heteroatoms. The van der Waals surface area contributed by atoms with Crippen molar-refractivity contribution in [2.75, 3.05) is 6.61 Å². The number of carbonyl (C=O) groups excluding carboxylic acids is 1. The number of esters is 1. The Balaban J connectivity index is 1.49. The lowest BCUT2D eigenvalue weighted by atomic mass is 9.91. The highest BCUT2D eigenvalue weighted by Crippen LogP contribution is 2.37. The summed E-state index contributed by atoms with van der Waals surface area (Å²) in [5.41, 5.74) is 4.92. The minimum atomic E-state index is -0.738. The summed E-state index contributed by atoms with van der Waals surface area (Å²) in [5, 5.41) is 0.632. The summed E-state index contributed by atoms with van der Waals surface area (Å²) in [7, 11) is 0. The van der Waals surface area contributed by atoms with E-state index in [-0.39, 0.29) is 12.2 Å². The van der Waals surface area contributed by atoms with Crippen molar-refractivity contribution in [1.29, 1.82) is 0 Å². The van der Waals surface area contributed by atoms with Crippen molar-refractivity contribution in [3.8, 4) is 5.75 Å². The van der Waals surface area contributed by atoms with Crippen molar-refractivity contribution in [3.05, 3.63) is 158 Å². The van der Waals surface area contributed by atoms with Crippen LogP contribution in [0.15, 0.2) is 115 Å². The average molecular weight is 807 g/mol. The van der Waals surface area contributed by atoms with Crippen molar-refractivity contribution >= 4 is 72.5 Å². The van der Waals surface area contributed by atoms with E-state index in [1.165, 1.54) is 11.3 Å². The summed E-state index contributed by atoms with van der Waals surface area (Å²) in [6.45, 7) is 6.51. The Bertz CT molecular complexity index is 2190. The van der Waals surface area contributed by atoms with E-state index in [0.717, 1.165) is 27.8 Å². The second-order valence-corrected chi connectivity index (χ2v) is 14.6. The molecule has 0 N–H and O–H groups in total. The number of ether oxygens (including phenoxy) is 2. The fourth-order valence-electron chi connectivity index (χ4n) is 5.54. The molecule has 48 heavy (non-hydrogen) atoms. The van der Waals surface area contributed by atoms with E-state index in [4.69, 9.17) is 26.1 Å². The molecule has 0 radical (unpaired) electrons. The first kappa shape index (κ1) is 34.1. The van der Waals surface area contributed by atoms with Crippen molar-refractivity contribution in [2.45, 2.75) is 39.3 Å². The van der Waals surface area contributed by atoms with Crippen LogP contribution in [0.4, 0.5) is 0 Å². The first-order valence-corrected chi connectivity index (χ1v) is 18.2. The summed E-state index contributed by atoms with van der Waals surface area (Å²) in [6, 6.07) is 28.2. The summed E-state index contributed by atoms with van der Waals surface area (Å²) in [6.07, 6.45) is 1.83. The van der Waals surface area contributed by atoms with E-state index in [2.05, 4.69) is 45.7 Å². The van der Waals surface area contributed by atoms with E-state index in [9.17, 15) is 9.59 Å². The highest BCUT2D eigenvalue weighted by molar-refractivity contribution is 9.11.